The minimum atomic E-state index is -0.0942. The fourth-order valence-electron chi connectivity index (χ4n) is 5.07. The van der Waals surface area contributed by atoms with Gasteiger partial charge in [-0.3, -0.25) is 14.5 Å². The number of hydrogen-bond acceptors (Lipinski definition) is 7. The van der Waals surface area contributed by atoms with Crippen LogP contribution >= 0.6 is 12.4 Å². The van der Waals surface area contributed by atoms with Crippen molar-refractivity contribution in [2.75, 3.05) is 39.5 Å². The third-order valence-electron chi connectivity index (χ3n) is 7.32. The minimum Gasteiger partial charge on any atom is -0.477 e. The van der Waals surface area contributed by atoms with Crippen molar-refractivity contribution < 1.29 is 18.7 Å². The van der Waals surface area contributed by atoms with Crippen LogP contribution in [0.15, 0.2) is 39.8 Å². The molecule has 1 amide bonds. The van der Waals surface area contributed by atoms with Crippen molar-refractivity contribution in [2.24, 2.45) is 13.0 Å². The van der Waals surface area contributed by atoms with E-state index in [1.165, 1.54) is 0 Å². The first-order valence-corrected chi connectivity index (χ1v) is 12.7. The monoisotopic (exact) mass is 530 g/mol. The number of hydrogen-bond donors (Lipinski definition) is 0. The molecule has 1 unspecified atom stereocenters. The van der Waals surface area contributed by atoms with Gasteiger partial charge in [0.1, 0.15) is 11.3 Å². The molecule has 200 valence electrons. The number of aryl methyl sites for hydroxylation is 1. The van der Waals surface area contributed by atoms with Gasteiger partial charge >= 0.3 is 0 Å². The molecular weight excluding hydrogens is 496 g/mol. The molecular formula is C27H35ClN4O5. The Kier molecular flexibility index (Phi) is 8.56. The van der Waals surface area contributed by atoms with Crippen LogP contribution in [0.1, 0.15) is 32.4 Å². The number of pyridine rings is 2. The lowest BCUT2D eigenvalue weighted by Crippen LogP contribution is -2.52. The van der Waals surface area contributed by atoms with Gasteiger partial charge in [-0.25, -0.2) is 4.98 Å². The van der Waals surface area contributed by atoms with Gasteiger partial charge in [-0.15, -0.1) is 12.4 Å². The van der Waals surface area contributed by atoms with Crippen LogP contribution in [0.25, 0.3) is 22.1 Å². The lowest BCUT2D eigenvalue weighted by atomic mass is 10.0. The van der Waals surface area contributed by atoms with Crippen LogP contribution < -0.4 is 10.3 Å². The summed E-state index contributed by atoms with van der Waals surface area (Å²) < 4.78 is 19.3. The molecule has 2 saturated heterocycles. The number of aromatic nitrogens is 2. The molecule has 0 aliphatic carbocycles. The van der Waals surface area contributed by atoms with Crippen molar-refractivity contribution in [3.05, 3.63) is 46.7 Å². The summed E-state index contributed by atoms with van der Waals surface area (Å²) >= 11 is 0. The third-order valence-corrected chi connectivity index (χ3v) is 7.32. The second-order valence-corrected chi connectivity index (χ2v) is 9.95. The number of carbonyl (C=O) groups excluding carboxylic acids is 1. The first-order chi connectivity index (χ1) is 17.4. The maximum Gasteiger partial charge on any atom is 0.261 e. The molecule has 0 spiro atoms. The highest BCUT2D eigenvalue weighted by atomic mass is 35.5. The Hall–Kier alpha value is -2.88. The number of amides is 1. The molecule has 0 radical (unpaired) electrons. The van der Waals surface area contributed by atoms with Gasteiger partial charge in [-0.1, -0.05) is 0 Å². The summed E-state index contributed by atoms with van der Waals surface area (Å²) in [5.41, 5.74) is 2.19. The molecule has 1 atom stereocenters. The summed E-state index contributed by atoms with van der Waals surface area (Å²) in [6.45, 7) is 8.63. The minimum absolute atomic E-state index is 0. The summed E-state index contributed by atoms with van der Waals surface area (Å²) in [4.78, 5) is 33.2. The number of carbonyl (C=O) groups is 1. The predicted molar refractivity (Wildman–Crippen MR) is 143 cm³/mol. The Labute approximate surface area is 222 Å². The van der Waals surface area contributed by atoms with E-state index in [0.717, 1.165) is 49.5 Å². The van der Waals surface area contributed by atoms with Gasteiger partial charge in [-0.05, 0) is 43.4 Å². The summed E-state index contributed by atoms with van der Waals surface area (Å²) in [5.74, 6) is 1.88. The zero-order valence-corrected chi connectivity index (χ0v) is 22.5. The Morgan fingerprint density at radius 3 is 2.73 bits per heavy atom. The zero-order chi connectivity index (χ0) is 25.2. The average Bonchev–Trinajstić information content (AvgIpc) is 3.31. The summed E-state index contributed by atoms with van der Waals surface area (Å²) in [6.07, 6.45) is 5.53. The Bertz CT molecular complexity index is 1300. The highest BCUT2D eigenvalue weighted by molar-refractivity contribution is 5.92. The van der Waals surface area contributed by atoms with Gasteiger partial charge in [0, 0.05) is 76.9 Å². The maximum absolute atomic E-state index is 12.9. The summed E-state index contributed by atoms with van der Waals surface area (Å²) in [7, 11) is 1.75. The molecule has 5 rings (SSSR count). The van der Waals surface area contributed by atoms with Crippen LogP contribution in [0.3, 0.4) is 0 Å². The molecule has 2 aliphatic heterocycles. The fraction of sp³-hybridized carbons (Fsp3) is 0.519. The second-order valence-electron chi connectivity index (χ2n) is 9.95. The zero-order valence-electron chi connectivity index (χ0n) is 21.6. The second kappa shape index (κ2) is 11.7. The third kappa shape index (κ3) is 6.00. The van der Waals surface area contributed by atoms with Crippen molar-refractivity contribution in [2.45, 2.75) is 39.3 Å². The van der Waals surface area contributed by atoms with E-state index in [1.807, 2.05) is 29.3 Å². The van der Waals surface area contributed by atoms with E-state index in [9.17, 15) is 9.59 Å². The first-order valence-electron chi connectivity index (χ1n) is 12.7. The molecule has 2 fully saturated rings. The SMILES string of the molecule is CC(=O)N1CCN(Cc2cc3c(=O)n(C)cc(-c4ccnc(OCC5CCOCC5)c4)c3o2)C(C)C1.Cl. The maximum atomic E-state index is 12.9. The van der Waals surface area contributed by atoms with E-state index >= 15 is 0 Å². The van der Waals surface area contributed by atoms with Crippen LogP contribution in [0.4, 0.5) is 0 Å². The van der Waals surface area contributed by atoms with Gasteiger partial charge in [-0.2, -0.15) is 0 Å². The van der Waals surface area contributed by atoms with Crippen molar-refractivity contribution in [3.8, 4) is 17.0 Å². The molecule has 0 saturated carbocycles. The quantitative estimate of drug-likeness (QED) is 0.482. The molecule has 37 heavy (non-hydrogen) atoms. The van der Waals surface area contributed by atoms with Crippen LogP contribution in [0.2, 0.25) is 0 Å². The van der Waals surface area contributed by atoms with E-state index in [2.05, 4.69) is 16.8 Å². The Balaban J connectivity index is 0.00000320. The smallest absolute Gasteiger partial charge is 0.261 e. The first kappa shape index (κ1) is 27.2. The largest absolute Gasteiger partial charge is 0.477 e. The van der Waals surface area contributed by atoms with Crippen LogP contribution in [-0.2, 0) is 23.1 Å². The summed E-state index contributed by atoms with van der Waals surface area (Å²) in [5, 5.41) is 0.557. The molecule has 0 N–H and O–H groups in total. The number of rotatable bonds is 6. The van der Waals surface area contributed by atoms with Gasteiger partial charge in [0.25, 0.3) is 5.56 Å². The molecule has 2 aliphatic rings. The molecule has 10 heteroatoms. The van der Waals surface area contributed by atoms with Crippen LogP contribution in [-0.4, -0.2) is 70.8 Å². The number of nitrogens with zero attached hydrogens (tertiary/aromatic N) is 4. The summed E-state index contributed by atoms with van der Waals surface area (Å²) in [6, 6.07) is 5.87. The molecule has 0 aromatic carbocycles. The Morgan fingerprint density at radius 1 is 1.22 bits per heavy atom. The molecule has 3 aromatic heterocycles. The lowest BCUT2D eigenvalue weighted by molar-refractivity contribution is -0.131. The van der Waals surface area contributed by atoms with Crippen molar-refractivity contribution in [1.82, 2.24) is 19.4 Å². The normalized spacial score (nSPS) is 19.1. The van der Waals surface area contributed by atoms with Crippen molar-refractivity contribution in [3.63, 3.8) is 0 Å². The molecule has 0 bridgehead atoms. The molecule has 3 aromatic rings. The van der Waals surface area contributed by atoms with E-state index in [1.54, 1.807) is 24.7 Å². The van der Waals surface area contributed by atoms with Crippen molar-refractivity contribution >= 4 is 29.3 Å². The lowest BCUT2D eigenvalue weighted by Gasteiger charge is -2.39. The highest BCUT2D eigenvalue weighted by Crippen LogP contribution is 2.31. The van der Waals surface area contributed by atoms with Gasteiger partial charge < -0.3 is 23.4 Å². The van der Waals surface area contributed by atoms with E-state index in [4.69, 9.17) is 13.9 Å². The fourth-order valence-corrected chi connectivity index (χ4v) is 5.07. The van der Waals surface area contributed by atoms with Crippen LogP contribution in [0.5, 0.6) is 5.88 Å². The van der Waals surface area contributed by atoms with E-state index < -0.39 is 0 Å². The number of furan rings is 1. The topological polar surface area (TPSA) is 90.0 Å². The molecule has 5 heterocycles. The average molecular weight is 531 g/mol. The predicted octanol–water partition coefficient (Wildman–Crippen LogP) is 3.47. The van der Waals surface area contributed by atoms with Gasteiger partial charge in [0.2, 0.25) is 11.8 Å². The number of ether oxygens (including phenoxy) is 2. The van der Waals surface area contributed by atoms with Gasteiger partial charge in [0.15, 0.2) is 0 Å². The standard InChI is InChI=1S/C27H34N4O5.ClH/c1-18-14-31(19(2)32)9-8-30(18)15-22-13-23-26(36-22)24(16-29(3)27(23)33)21-4-7-28-25(12-21)35-17-20-5-10-34-11-6-20;/h4,7,12-13,16,18,20H,5-6,8-11,14-15,17H2,1-3H3;1H. The van der Waals surface area contributed by atoms with E-state index in [-0.39, 0.29) is 29.9 Å². The van der Waals surface area contributed by atoms with Crippen LogP contribution in [0, 0.1) is 5.92 Å². The number of piperazine rings is 1. The number of fused-ring (bicyclic) bond motifs is 1. The highest BCUT2D eigenvalue weighted by Gasteiger charge is 2.26. The molecule has 9 nitrogen and oxygen atoms in total. The van der Waals surface area contributed by atoms with Crippen molar-refractivity contribution in [1.29, 1.82) is 0 Å². The van der Waals surface area contributed by atoms with Gasteiger partial charge in [0.05, 0.1) is 18.5 Å². The number of halogens is 1. The van der Waals surface area contributed by atoms with E-state index in [0.29, 0.717) is 49.0 Å². The Morgan fingerprint density at radius 2 is 2.00 bits per heavy atom.